The molecule has 7 heavy (non-hydrogen) atoms. The van der Waals surface area contributed by atoms with E-state index in [1.54, 1.807) is 0 Å². The maximum absolute atomic E-state index is 9.43. The summed E-state index contributed by atoms with van der Waals surface area (Å²) in [5, 5.41) is 7.72. The molecule has 5 heteroatoms. The van der Waals surface area contributed by atoms with Gasteiger partial charge in [0.15, 0.2) is 0 Å². The first-order valence-electron chi connectivity index (χ1n) is 1.59. The lowest BCUT2D eigenvalue weighted by atomic mass is 11.4. The molecule has 0 saturated heterocycles. The van der Waals surface area contributed by atoms with E-state index in [1.165, 1.54) is 7.05 Å². The summed E-state index contributed by atoms with van der Waals surface area (Å²) in [5.41, 5.74) is 4.14. The summed E-state index contributed by atoms with van der Waals surface area (Å²) in [7, 11) is 1.49. The van der Waals surface area contributed by atoms with E-state index in [9.17, 15) is 4.79 Å². The highest BCUT2D eigenvalue weighted by molar-refractivity contribution is 5.56. The van der Waals surface area contributed by atoms with Gasteiger partial charge in [-0.25, -0.2) is 10.2 Å². The van der Waals surface area contributed by atoms with E-state index in [2.05, 4.69) is 10.3 Å². The Hall–Kier alpha value is -0.810. The van der Waals surface area contributed by atoms with Crippen molar-refractivity contribution >= 4 is 6.16 Å². The molecule has 0 atom stereocenters. The van der Waals surface area contributed by atoms with Gasteiger partial charge in [-0.3, -0.25) is 0 Å². The summed E-state index contributed by atoms with van der Waals surface area (Å²) < 4.78 is 0. The van der Waals surface area contributed by atoms with Gasteiger partial charge in [-0.05, 0) is 0 Å². The van der Waals surface area contributed by atoms with E-state index in [-0.39, 0.29) is 0 Å². The topological polar surface area (TPSA) is 70.6 Å². The van der Waals surface area contributed by atoms with Crippen molar-refractivity contribution in [3.05, 3.63) is 0 Å². The number of hydrogen-bond acceptors (Lipinski definition) is 4. The predicted octanol–water partition coefficient (Wildman–Crippen LogP) is -0.680. The Morgan fingerprint density at radius 1 is 1.86 bits per heavy atom. The number of hydrazine groups is 1. The molecule has 0 aliphatic rings. The second-order valence-corrected chi connectivity index (χ2v) is 0.720. The van der Waals surface area contributed by atoms with Crippen LogP contribution in [0.5, 0.6) is 0 Å². The van der Waals surface area contributed by atoms with E-state index in [0.717, 1.165) is 0 Å². The average Bonchev–Trinajstić information content (AvgIpc) is 1.61. The smallest absolute Gasteiger partial charge is 0.448 e. The number of carbonyl (C=O) groups is 1. The minimum Gasteiger partial charge on any atom is -0.448 e. The maximum atomic E-state index is 9.43. The van der Waals surface area contributed by atoms with Crippen LogP contribution in [-0.4, -0.2) is 18.3 Å². The van der Waals surface area contributed by atoms with Gasteiger partial charge in [0.2, 0.25) is 0 Å². The number of rotatable bonds is 2. The molecule has 0 amide bonds. The van der Waals surface area contributed by atoms with E-state index >= 15 is 0 Å². The first kappa shape index (κ1) is 6.19. The highest BCUT2D eigenvalue weighted by Crippen LogP contribution is 1.61. The van der Waals surface area contributed by atoms with Crippen LogP contribution in [0.15, 0.2) is 0 Å². The van der Waals surface area contributed by atoms with Crippen LogP contribution in [0.2, 0.25) is 0 Å². The SMILES string of the molecule is CNNOC(=O)O. The van der Waals surface area contributed by atoms with Crippen LogP contribution in [0.25, 0.3) is 0 Å². The van der Waals surface area contributed by atoms with Crippen molar-refractivity contribution in [3.8, 4) is 0 Å². The Bertz CT molecular complexity index is 64.0. The van der Waals surface area contributed by atoms with Crippen molar-refractivity contribution in [1.82, 2.24) is 11.0 Å². The molecule has 0 unspecified atom stereocenters. The van der Waals surface area contributed by atoms with E-state index < -0.39 is 6.16 Å². The third-order valence-electron chi connectivity index (χ3n) is 0.240. The van der Waals surface area contributed by atoms with Crippen molar-refractivity contribution in [2.75, 3.05) is 7.05 Å². The maximum Gasteiger partial charge on any atom is 0.526 e. The van der Waals surface area contributed by atoms with Crippen molar-refractivity contribution in [2.24, 2.45) is 0 Å². The second-order valence-electron chi connectivity index (χ2n) is 0.720. The molecular formula is C2H6N2O3. The van der Waals surface area contributed by atoms with Crippen LogP contribution < -0.4 is 11.0 Å². The molecule has 0 spiro atoms. The first-order valence-corrected chi connectivity index (χ1v) is 1.59. The van der Waals surface area contributed by atoms with Gasteiger partial charge in [0.25, 0.3) is 0 Å². The summed E-state index contributed by atoms with van der Waals surface area (Å²) in [6.07, 6.45) is -1.37. The molecule has 0 radical (unpaired) electrons. The largest absolute Gasteiger partial charge is 0.526 e. The van der Waals surface area contributed by atoms with Gasteiger partial charge in [-0.1, -0.05) is 5.59 Å². The fraction of sp³-hybridized carbons (Fsp3) is 0.500. The van der Waals surface area contributed by atoms with Crippen LogP contribution in [0, 0.1) is 0 Å². The standard InChI is InChI=1S/C2H6N2O3/c1-3-4-7-2(5)6/h3-4H,1H3,(H,5,6). The molecule has 0 aliphatic carbocycles. The zero-order valence-corrected chi connectivity index (χ0v) is 3.76. The molecule has 0 aromatic heterocycles. The van der Waals surface area contributed by atoms with Crippen molar-refractivity contribution < 1.29 is 14.7 Å². The van der Waals surface area contributed by atoms with Gasteiger partial charge in [-0.2, -0.15) is 0 Å². The summed E-state index contributed by atoms with van der Waals surface area (Å²) >= 11 is 0. The lowest BCUT2D eigenvalue weighted by Crippen LogP contribution is -2.29. The zero-order chi connectivity index (χ0) is 5.70. The lowest BCUT2D eigenvalue weighted by molar-refractivity contribution is 0.0283. The van der Waals surface area contributed by atoms with Gasteiger partial charge >= 0.3 is 6.16 Å². The lowest BCUT2D eigenvalue weighted by Gasteiger charge is -1.95. The number of nitrogens with one attached hydrogen (secondary N) is 2. The average molecular weight is 106 g/mol. The Morgan fingerprint density at radius 2 is 2.43 bits per heavy atom. The minimum absolute atomic E-state index is 1.37. The monoisotopic (exact) mass is 106 g/mol. The first-order chi connectivity index (χ1) is 3.27. The Morgan fingerprint density at radius 3 is 2.57 bits per heavy atom. The third kappa shape index (κ3) is 5.19. The van der Waals surface area contributed by atoms with Crippen LogP contribution in [-0.2, 0) is 4.84 Å². The second kappa shape index (κ2) is 3.38. The van der Waals surface area contributed by atoms with Gasteiger partial charge in [-0.15, -0.1) is 0 Å². The molecule has 3 N–H and O–H groups in total. The van der Waals surface area contributed by atoms with Crippen LogP contribution in [0.4, 0.5) is 4.79 Å². The molecule has 0 rings (SSSR count). The van der Waals surface area contributed by atoms with Crippen LogP contribution in [0.1, 0.15) is 0 Å². The summed E-state index contributed by atoms with van der Waals surface area (Å²) in [4.78, 5) is 13.2. The summed E-state index contributed by atoms with van der Waals surface area (Å²) in [6.45, 7) is 0. The Labute approximate surface area is 40.2 Å². The molecule has 0 aromatic rings. The normalized spacial score (nSPS) is 8.14. The van der Waals surface area contributed by atoms with Gasteiger partial charge in [0.05, 0.1) is 0 Å². The molecule has 0 bridgehead atoms. The van der Waals surface area contributed by atoms with Crippen molar-refractivity contribution in [3.63, 3.8) is 0 Å². The highest BCUT2D eigenvalue weighted by Gasteiger charge is 1.89. The van der Waals surface area contributed by atoms with Crippen molar-refractivity contribution in [2.45, 2.75) is 0 Å². The molecule has 5 nitrogen and oxygen atoms in total. The highest BCUT2D eigenvalue weighted by atomic mass is 16.8. The van der Waals surface area contributed by atoms with Crippen molar-refractivity contribution in [1.29, 1.82) is 0 Å². The Kier molecular flexibility index (Phi) is 2.99. The van der Waals surface area contributed by atoms with E-state index in [4.69, 9.17) is 5.11 Å². The fourth-order valence-corrected chi connectivity index (χ4v) is 0.0947. The molecule has 42 valence electrons. The molecule has 0 aliphatic heterocycles. The van der Waals surface area contributed by atoms with Gasteiger partial charge in [0, 0.05) is 7.05 Å². The van der Waals surface area contributed by atoms with E-state index in [0.29, 0.717) is 0 Å². The summed E-state index contributed by atoms with van der Waals surface area (Å²) in [5.74, 6) is 0. The zero-order valence-electron chi connectivity index (χ0n) is 3.76. The van der Waals surface area contributed by atoms with Crippen LogP contribution in [0.3, 0.4) is 0 Å². The molecule has 0 heterocycles. The molecule has 0 aromatic carbocycles. The number of carboxylic acid groups (broad SMARTS) is 1. The predicted molar refractivity (Wildman–Crippen MR) is 21.3 cm³/mol. The van der Waals surface area contributed by atoms with Gasteiger partial charge < -0.3 is 9.94 Å². The molecule has 0 fully saturated rings. The van der Waals surface area contributed by atoms with Gasteiger partial charge in [0.1, 0.15) is 0 Å². The molecular weight excluding hydrogens is 100 g/mol. The van der Waals surface area contributed by atoms with Crippen LogP contribution >= 0.6 is 0 Å². The Balaban J connectivity index is 2.82. The van der Waals surface area contributed by atoms with E-state index in [1.807, 2.05) is 5.59 Å². The molecule has 0 saturated carbocycles. The summed E-state index contributed by atoms with van der Waals surface area (Å²) in [6, 6.07) is 0. The third-order valence-corrected chi connectivity index (χ3v) is 0.240. The number of hydrogen-bond donors (Lipinski definition) is 3. The fourth-order valence-electron chi connectivity index (χ4n) is 0.0947. The quantitative estimate of drug-likeness (QED) is 0.407. The minimum atomic E-state index is -1.37.